The van der Waals surface area contributed by atoms with Crippen LogP contribution >= 0.6 is 15.9 Å². The molecule has 0 saturated carbocycles. The predicted molar refractivity (Wildman–Crippen MR) is 136 cm³/mol. The number of Topliss-reactive ketones (excluding diaryl/α,β-unsaturated/α-hetero) is 1. The molecule has 36 heavy (non-hydrogen) atoms. The van der Waals surface area contributed by atoms with Crippen LogP contribution < -0.4 is 9.64 Å². The van der Waals surface area contributed by atoms with Crippen molar-refractivity contribution in [2.24, 2.45) is 0 Å². The highest BCUT2D eigenvalue weighted by Crippen LogP contribution is 2.42. The van der Waals surface area contributed by atoms with Crippen molar-refractivity contribution in [2.45, 2.75) is 19.4 Å². The van der Waals surface area contributed by atoms with Gasteiger partial charge in [0.05, 0.1) is 36.2 Å². The molecule has 4 rings (SSSR count). The molecule has 9 heteroatoms. The van der Waals surface area contributed by atoms with Gasteiger partial charge in [-0.25, -0.2) is 0 Å². The highest BCUT2D eigenvalue weighted by atomic mass is 79.9. The van der Waals surface area contributed by atoms with E-state index in [-0.39, 0.29) is 30.3 Å². The monoisotopic (exact) mass is 550 g/mol. The van der Waals surface area contributed by atoms with Gasteiger partial charge in [0.1, 0.15) is 11.5 Å². The molecule has 184 valence electrons. The number of esters is 1. The van der Waals surface area contributed by atoms with Crippen molar-refractivity contribution in [3.05, 3.63) is 93.7 Å². The van der Waals surface area contributed by atoms with Crippen molar-refractivity contribution in [3.63, 3.8) is 0 Å². The molecule has 1 amide bonds. The number of carbonyl (C=O) groups is 3. The van der Waals surface area contributed by atoms with E-state index in [0.717, 1.165) is 0 Å². The highest BCUT2D eigenvalue weighted by molar-refractivity contribution is 9.10. The van der Waals surface area contributed by atoms with Gasteiger partial charge in [0.2, 0.25) is 0 Å². The van der Waals surface area contributed by atoms with Crippen molar-refractivity contribution < 1.29 is 29.0 Å². The fourth-order valence-corrected chi connectivity index (χ4v) is 4.61. The topological polar surface area (TPSA) is 106 Å². The Kier molecular flexibility index (Phi) is 7.49. The van der Waals surface area contributed by atoms with E-state index in [2.05, 4.69) is 20.9 Å². The van der Waals surface area contributed by atoms with E-state index >= 15 is 0 Å². The van der Waals surface area contributed by atoms with Crippen LogP contribution in [0.15, 0.2) is 77.0 Å². The molecule has 2 heterocycles. The minimum absolute atomic E-state index is 0.0549. The van der Waals surface area contributed by atoms with Crippen LogP contribution in [0.5, 0.6) is 5.75 Å². The van der Waals surface area contributed by atoms with Gasteiger partial charge in [0.15, 0.2) is 0 Å². The van der Waals surface area contributed by atoms with Gasteiger partial charge in [-0.3, -0.25) is 24.3 Å². The molecule has 1 aliphatic rings. The minimum atomic E-state index is -0.907. The van der Waals surface area contributed by atoms with E-state index < -0.39 is 17.7 Å². The van der Waals surface area contributed by atoms with E-state index in [1.54, 1.807) is 73.9 Å². The zero-order valence-electron chi connectivity index (χ0n) is 19.6. The number of ketones is 1. The maximum Gasteiger partial charge on any atom is 0.310 e. The number of aliphatic hydroxyl groups is 1. The van der Waals surface area contributed by atoms with Crippen LogP contribution in [-0.2, 0) is 25.5 Å². The highest BCUT2D eigenvalue weighted by Gasteiger charge is 2.47. The smallest absolute Gasteiger partial charge is 0.310 e. The molecular weight excluding hydrogens is 528 g/mol. The van der Waals surface area contributed by atoms with Crippen LogP contribution in [0, 0.1) is 0 Å². The molecular formula is C27H23BrN2O6. The lowest BCUT2D eigenvalue weighted by molar-refractivity contribution is -0.142. The molecule has 1 aliphatic heterocycles. The van der Waals surface area contributed by atoms with E-state index in [9.17, 15) is 19.5 Å². The molecule has 2 aromatic carbocycles. The number of hydrogen-bond donors (Lipinski definition) is 1. The lowest BCUT2D eigenvalue weighted by Gasteiger charge is -2.25. The van der Waals surface area contributed by atoms with Gasteiger partial charge in [-0.1, -0.05) is 18.2 Å². The second kappa shape index (κ2) is 10.7. The Labute approximate surface area is 216 Å². The van der Waals surface area contributed by atoms with Gasteiger partial charge in [0.25, 0.3) is 11.7 Å². The summed E-state index contributed by atoms with van der Waals surface area (Å²) in [4.78, 5) is 43.8. The van der Waals surface area contributed by atoms with Crippen LogP contribution in [0.1, 0.15) is 29.7 Å². The molecule has 1 unspecified atom stereocenters. The van der Waals surface area contributed by atoms with E-state index in [1.165, 1.54) is 12.0 Å². The molecule has 1 fully saturated rings. The first-order chi connectivity index (χ1) is 17.3. The lowest BCUT2D eigenvalue weighted by Crippen LogP contribution is -2.29. The quantitative estimate of drug-likeness (QED) is 0.198. The van der Waals surface area contributed by atoms with Crippen LogP contribution in [0.25, 0.3) is 5.76 Å². The van der Waals surface area contributed by atoms with Gasteiger partial charge in [0, 0.05) is 23.6 Å². The van der Waals surface area contributed by atoms with Crippen molar-refractivity contribution in [2.75, 3.05) is 18.6 Å². The summed E-state index contributed by atoms with van der Waals surface area (Å²) in [5, 5.41) is 11.2. The first kappa shape index (κ1) is 25.1. The summed E-state index contributed by atoms with van der Waals surface area (Å²) in [6.07, 6.45) is 3.22. The maximum absolute atomic E-state index is 13.3. The molecule has 3 aromatic rings. The fourth-order valence-electron chi connectivity index (χ4n) is 4.07. The number of carbonyl (C=O) groups excluding carboxylic acids is 3. The second-order valence-corrected chi connectivity index (χ2v) is 8.81. The Morgan fingerprint density at radius 2 is 1.89 bits per heavy atom. The number of aliphatic hydroxyl groups excluding tert-OH is 1. The van der Waals surface area contributed by atoms with Gasteiger partial charge >= 0.3 is 5.97 Å². The fraction of sp³-hybridized carbons (Fsp3) is 0.185. The first-order valence-corrected chi connectivity index (χ1v) is 11.9. The number of aromatic nitrogens is 1. The summed E-state index contributed by atoms with van der Waals surface area (Å²) in [7, 11) is 1.52. The van der Waals surface area contributed by atoms with Gasteiger partial charge in [-0.05, 0) is 70.4 Å². The van der Waals surface area contributed by atoms with Gasteiger partial charge in [-0.2, -0.15) is 0 Å². The molecule has 8 nitrogen and oxygen atoms in total. The van der Waals surface area contributed by atoms with Crippen molar-refractivity contribution in [3.8, 4) is 5.75 Å². The number of methoxy groups -OCH3 is 1. The summed E-state index contributed by atoms with van der Waals surface area (Å²) in [5.41, 5.74) is 1.99. The number of anilines is 1. The van der Waals surface area contributed by atoms with Crippen molar-refractivity contribution >= 4 is 45.0 Å². The summed E-state index contributed by atoms with van der Waals surface area (Å²) in [6, 6.07) is 14.1. The summed E-state index contributed by atoms with van der Waals surface area (Å²) in [5.74, 6) is -1.71. The average molecular weight is 551 g/mol. The van der Waals surface area contributed by atoms with Crippen LogP contribution in [0.4, 0.5) is 5.69 Å². The number of hydrogen-bond acceptors (Lipinski definition) is 7. The van der Waals surface area contributed by atoms with Crippen molar-refractivity contribution in [1.82, 2.24) is 4.98 Å². The molecule has 0 radical (unpaired) electrons. The summed E-state index contributed by atoms with van der Waals surface area (Å²) in [6.45, 7) is 2.03. The van der Waals surface area contributed by atoms with E-state index in [0.29, 0.717) is 32.6 Å². The zero-order valence-corrected chi connectivity index (χ0v) is 21.2. The summed E-state index contributed by atoms with van der Waals surface area (Å²) >= 11 is 3.39. The standard InChI is InChI=1S/C27H23BrN2O6/c1-3-36-22(31)13-16-6-9-19(10-7-16)30-24(18-5-4-12-29-15-18)23(26(33)27(30)34)25(32)17-8-11-21(35-2)20(28)14-17/h4-12,14-15,24,32H,3,13H2,1-2H3/b25-23-. The van der Waals surface area contributed by atoms with Gasteiger partial charge < -0.3 is 14.6 Å². The average Bonchev–Trinajstić information content (AvgIpc) is 3.15. The minimum Gasteiger partial charge on any atom is -0.507 e. The SMILES string of the molecule is CCOC(=O)Cc1ccc(N2C(=O)C(=O)/C(=C(\O)c3ccc(OC)c(Br)c3)C2c2cccnc2)cc1. The van der Waals surface area contributed by atoms with E-state index in [1.807, 2.05) is 0 Å². The number of amides is 1. The van der Waals surface area contributed by atoms with E-state index in [4.69, 9.17) is 9.47 Å². The number of pyridine rings is 1. The van der Waals surface area contributed by atoms with Crippen LogP contribution in [-0.4, -0.2) is 41.5 Å². The van der Waals surface area contributed by atoms with Crippen LogP contribution in [0.2, 0.25) is 0 Å². The largest absolute Gasteiger partial charge is 0.507 e. The maximum atomic E-state index is 13.3. The first-order valence-electron chi connectivity index (χ1n) is 11.1. The molecule has 0 bridgehead atoms. The third-order valence-electron chi connectivity index (χ3n) is 5.74. The Balaban J connectivity index is 1.80. The van der Waals surface area contributed by atoms with Crippen molar-refractivity contribution in [1.29, 1.82) is 0 Å². The molecule has 1 N–H and O–H groups in total. The molecule has 0 aliphatic carbocycles. The van der Waals surface area contributed by atoms with Crippen LogP contribution in [0.3, 0.4) is 0 Å². The zero-order chi connectivity index (χ0) is 25.8. The normalized spacial score (nSPS) is 16.8. The number of benzene rings is 2. The molecule has 0 spiro atoms. The molecule has 1 saturated heterocycles. The Hall–Kier alpha value is -3.98. The van der Waals surface area contributed by atoms with Gasteiger partial charge in [-0.15, -0.1) is 0 Å². The Bertz CT molecular complexity index is 1340. The molecule has 1 aromatic heterocycles. The number of rotatable bonds is 7. The number of halogens is 1. The Morgan fingerprint density at radius 1 is 1.14 bits per heavy atom. The third-order valence-corrected chi connectivity index (χ3v) is 6.36. The molecule has 1 atom stereocenters. The number of nitrogens with zero attached hydrogens (tertiary/aromatic N) is 2. The third kappa shape index (κ3) is 4.87. The second-order valence-electron chi connectivity index (χ2n) is 7.95. The summed E-state index contributed by atoms with van der Waals surface area (Å²) < 4.78 is 10.8. The number of ether oxygens (including phenoxy) is 2. The predicted octanol–water partition coefficient (Wildman–Crippen LogP) is 4.58. The lowest BCUT2D eigenvalue weighted by atomic mass is 9.96. The Morgan fingerprint density at radius 3 is 2.50 bits per heavy atom.